The molecule has 0 aliphatic carbocycles. The lowest BCUT2D eigenvalue weighted by molar-refractivity contribution is -0.125. The summed E-state index contributed by atoms with van der Waals surface area (Å²) in [6, 6.07) is 11.8. The van der Waals surface area contributed by atoms with Gasteiger partial charge in [0.2, 0.25) is 17.6 Å². The monoisotopic (exact) mass is 505 g/mol. The van der Waals surface area contributed by atoms with Crippen LogP contribution in [0.25, 0.3) is 0 Å². The van der Waals surface area contributed by atoms with Crippen LogP contribution in [-0.4, -0.2) is 50.3 Å². The molecule has 1 amide bonds. The van der Waals surface area contributed by atoms with Crippen molar-refractivity contribution in [1.29, 1.82) is 0 Å². The van der Waals surface area contributed by atoms with Crippen molar-refractivity contribution in [2.75, 3.05) is 44.6 Å². The molecule has 4 rings (SSSR count). The topological polar surface area (TPSA) is 97.8 Å². The van der Waals surface area contributed by atoms with Crippen LogP contribution < -0.4 is 29.7 Å². The number of aryl methyl sites for hydroxylation is 2. The van der Waals surface area contributed by atoms with E-state index in [1.165, 1.54) is 11.1 Å². The molecule has 0 bridgehead atoms. The van der Waals surface area contributed by atoms with Crippen molar-refractivity contribution in [3.8, 4) is 17.2 Å². The maximum absolute atomic E-state index is 13.0. The van der Waals surface area contributed by atoms with Crippen LogP contribution in [0.2, 0.25) is 0 Å². The zero-order chi connectivity index (χ0) is 26.4. The highest BCUT2D eigenvalue weighted by Gasteiger charge is 2.26. The number of nitrogens with zero attached hydrogens (tertiary/aromatic N) is 3. The number of anilines is 3. The van der Waals surface area contributed by atoms with E-state index in [2.05, 4.69) is 52.6 Å². The van der Waals surface area contributed by atoms with Crippen LogP contribution in [0, 0.1) is 19.8 Å². The zero-order valence-electron chi connectivity index (χ0n) is 22.1. The van der Waals surface area contributed by atoms with Gasteiger partial charge in [-0.1, -0.05) is 29.3 Å². The summed E-state index contributed by atoms with van der Waals surface area (Å²) >= 11 is 0. The fourth-order valence-electron chi connectivity index (χ4n) is 4.77. The number of aromatic nitrogens is 2. The Hall–Kier alpha value is -4.01. The van der Waals surface area contributed by atoms with E-state index in [-0.39, 0.29) is 11.8 Å². The Morgan fingerprint density at radius 1 is 1.03 bits per heavy atom. The van der Waals surface area contributed by atoms with Crippen molar-refractivity contribution in [2.24, 2.45) is 5.92 Å². The van der Waals surface area contributed by atoms with Gasteiger partial charge in [-0.2, -0.15) is 4.98 Å². The fourth-order valence-corrected chi connectivity index (χ4v) is 4.77. The number of piperidine rings is 1. The van der Waals surface area contributed by atoms with Crippen LogP contribution >= 0.6 is 0 Å². The molecule has 1 atom stereocenters. The molecule has 1 fully saturated rings. The van der Waals surface area contributed by atoms with Crippen molar-refractivity contribution in [3.63, 3.8) is 0 Å². The molecule has 2 heterocycles. The van der Waals surface area contributed by atoms with Gasteiger partial charge >= 0.3 is 0 Å². The number of ether oxygens (including phenoxy) is 3. The molecule has 0 saturated carbocycles. The number of amides is 1. The van der Waals surface area contributed by atoms with Gasteiger partial charge in [-0.05, 0) is 38.3 Å². The van der Waals surface area contributed by atoms with Gasteiger partial charge in [-0.25, -0.2) is 4.98 Å². The van der Waals surface area contributed by atoms with Gasteiger partial charge in [-0.3, -0.25) is 4.79 Å². The first kappa shape index (κ1) is 26.1. The molecule has 9 heteroatoms. The number of hydrogen-bond donors (Lipinski definition) is 2. The van der Waals surface area contributed by atoms with E-state index in [0.717, 1.165) is 30.8 Å². The molecule has 0 spiro atoms. The fraction of sp³-hybridized carbons (Fsp3) is 0.393. The summed E-state index contributed by atoms with van der Waals surface area (Å²) in [4.78, 5) is 24.2. The Balaban J connectivity index is 1.43. The van der Waals surface area contributed by atoms with E-state index < -0.39 is 0 Å². The quantitative estimate of drug-likeness (QED) is 0.442. The molecule has 196 valence electrons. The largest absolute Gasteiger partial charge is 0.493 e. The highest BCUT2D eigenvalue weighted by Crippen LogP contribution is 2.40. The van der Waals surface area contributed by atoms with Crippen molar-refractivity contribution in [1.82, 2.24) is 15.3 Å². The van der Waals surface area contributed by atoms with Crippen LogP contribution in [0.5, 0.6) is 17.2 Å². The predicted octanol–water partition coefficient (Wildman–Crippen LogP) is 4.40. The second-order valence-electron chi connectivity index (χ2n) is 9.28. The summed E-state index contributed by atoms with van der Waals surface area (Å²) in [5.41, 5.74) is 4.23. The molecule has 3 aromatic rings. The molecular weight excluding hydrogens is 470 g/mol. The predicted molar refractivity (Wildman–Crippen MR) is 144 cm³/mol. The maximum Gasteiger partial charge on any atom is 0.229 e. The highest BCUT2D eigenvalue weighted by molar-refractivity contribution is 5.79. The number of rotatable bonds is 9. The number of nitrogens with one attached hydrogen (secondary N) is 2. The number of hydrogen-bond acceptors (Lipinski definition) is 8. The van der Waals surface area contributed by atoms with Gasteiger partial charge in [-0.15, -0.1) is 0 Å². The summed E-state index contributed by atoms with van der Waals surface area (Å²) < 4.78 is 16.3. The van der Waals surface area contributed by atoms with Crippen LogP contribution in [-0.2, 0) is 11.3 Å². The van der Waals surface area contributed by atoms with Gasteiger partial charge in [0.15, 0.2) is 11.5 Å². The van der Waals surface area contributed by atoms with E-state index in [0.29, 0.717) is 42.0 Å². The van der Waals surface area contributed by atoms with E-state index >= 15 is 0 Å². The van der Waals surface area contributed by atoms with Crippen molar-refractivity contribution < 1.29 is 19.0 Å². The second-order valence-corrected chi connectivity index (χ2v) is 9.28. The third-order valence-electron chi connectivity index (χ3n) is 6.43. The Labute approximate surface area is 218 Å². The Bertz CT molecular complexity index is 1200. The van der Waals surface area contributed by atoms with E-state index in [1.54, 1.807) is 39.7 Å². The first-order valence-electron chi connectivity index (χ1n) is 12.4. The molecule has 1 saturated heterocycles. The molecule has 9 nitrogen and oxygen atoms in total. The van der Waals surface area contributed by atoms with E-state index in [1.807, 2.05) is 6.07 Å². The molecular formula is C28H35N5O4. The summed E-state index contributed by atoms with van der Waals surface area (Å²) in [5.74, 6) is 2.78. The molecule has 37 heavy (non-hydrogen) atoms. The number of carbonyl (C=O) groups is 1. The van der Waals surface area contributed by atoms with Gasteiger partial charge < -0.3 is 29.7 Å². The lowest BCUT2D eigenvalue weighted by atomic mass is 9.97. The average molecular weight is 506 g/mol. The SMILES string of the molecule is COc1cc(Nc2nccc(N3CCCC(C(=O)NCc4cc(C)cc(C)c4)C3)n2)cc(OC)c1OC. The smallest absolute Gasteiger partial charge is 0.229 e. The molecule has 1 aromatic heterocycles. The van der Waals surface area contributed by atoms with E-state index in [9.17, 15) is 4.79 Å². The van der Waals surface area contributed by atoms with Crippen molar-refractivity contribution in [3.05, 3.63) is 59.3 Å². The zero-order valence-corrected chi connectivity index (χ0v) is 22.1. The van der Waals surface area contributed by atoms with Gasteiger partial charge in [0, 0.05) is 43.7 Å². The van der Waals surface area contributed by atoms with E-state index in [4.69, 9.17) is 19.2 Å². The molecule has 0 radical (unpaired) electrons. The highest BCUT2D eigenvalue weighted by atomic mass is 16.5. The van der Waals surface area contributed by atoms with Crippen molar-refractivity contribution >= 4 is 23.4 Å². The van der Waals surface area contributed by atoms with Crippen LogP contribution in [0.15, 0.2) is 42.6 Å². The number of carbonyl (C=O) groups excluding carboxylic acids is 1. The lowest BCUT2D eigenvalue weighted by Crippen LogP contribution is -2.43. The van der Waals surface area contributed by atoms with Crippen LogP contribution in [0.1, 0.15) is 29.5 Å². The summed E-state index contributed by atoms with van der Waals surface area (Å²) in [5, 5.41) is 6.35. The summed E-state index contributed by atoms with van der Waals surface area (Å²) in [6.45, 7) is 6.13. The number of methoxy groups -OCH3 is 3. The normalized spacial score (nSPS) is 15.2. The third kappa shape index (κ3) is 6.41. The molecule has 2 N–H and O–H groups in total. The first-order chi connectivity index (χ1) is 17.9. The minimum Gasteiger partial charge on any atom is -0.493 e. The number of benzene rings is 2. The lowest BCUT2D eigenvalue weighted by Gasteiger charge is -2.33. The Morgan fingerprint density at radius 3 is 2.38 bits per heavy atom. The maximum atomic E-state index is 13.0. The minimum absolute atomic E-state index is 0.0775. The van der Waals surface area contributed by atoms with Crippen LogP contribution in [0.3, 0.4) is 0 Å². The molecule has 1 unspecified atom stereocenters. The second kappa shape index (κ2) is 11.8. The molecule has 1 aliphatic heterocycles. The summed E-state index contributed by atoms with van der Waals surface area (Å²) in [6.07, 6.45) is 3.49. The molecule has 1 aliphatic rings. The average Bonchev–Trinajstić information content (AvgIpc) is 2.90. The standard InChI is InChI=1S/C28H35N5O4/c1-18-11-19(2)13-20(12-18)16-30-27(34)21-7-6-10-33(17-21)25-8-9-29-28(32-25)31-22-14-23(35-3)26(37-5)24(15-22)36-4/h8-9,11-15,21H,6-7,10,16-17H2,1-5H3,(H,30,34)(H,29,31,32). The van der Waals surface area contributed by atoms with Gasteiger partial charge in [0.05, 0.1) is 27.2 Å². The Morgan fingerprint density at radius 2 is 1.73 bits per heavy atom. The third-order valence-corrected chi connectivity index (χ3v) is 6.43. The van der Waals surface area contributed by atoms with Gasteiger partial charge in [0.1, 0.15) is 5.82 Å². The Kier molecular flexibility index (Phi) is 8.32. The van der Waals surface area contributed by atoms with Gasteiger partial charge in [0.25, 0.3) is 0 Å². The van der Waals surface area contributed by atoms with Crippen molar-refractivity contribution in [2.45, 2.75) is 33.2 Å². The minimum atomic E-state index is -0.0962. The first-order valence-corrected chi connectivity index (χ1v) is 12.4. The van der Waals surface area contributed by atoms with Crippen LogP contribution in [0.4, 0.5) is 17.5 Å². The summed E-state index contributed by atoms with van der Waals surface area (Å²) in [7, 11) is 4.71. The molecule has 2 aromatic carbocycles.